The molecule has 2 rings (SSSR count). The van der Waals surface area contributed by atoms with E-state index in [0.29, 0.717) is 18.0 Å². The Balaban J connectivity index is 1.98. The summed E-state index contributed by atoms with van der Waals surface area (Å²) in [4.78, 5) is 22.8. The highest BCUT2D eigenvalue weighted by Gasteiger charge is 2.18. The molecule has 0 spiro atoms. The highest BCUT2D eigenvalue weighted by molar-refractivity contribution is 7.91. The summed E-state index contributed by atoms with van der Waals surface area (Å²) >= 11 is 0. The summed E-state index contributed by atoms with van der Waals surface area (Å²) in [5.41, 5.74) is 0.615. The Bertz CT molecular complexity index is 890. The highest BCUT2D eigenvalue weighted by Crippen LogP contribution is 2.16. The molecular formula is C18H18NO6S-. The van der Waals surface area contributed by atoms with Gasteiger partial charge >= 0.3 is 0 Å². The third kappa shape index (κ3) is 5.89. The Morgan fingerprint density at radius 1 is 1.12 bits per heavy atom. The third-order valence-electron chi connectivity index (χ3n) is 3.35. The first-order valence-electron chi connectivity index (χ1n) is 7.82. The van der Waals surface area contributed by atoms with Crippen molar-refractivity contribution >= 4 is 27.4 Å². The number of ether oxygens (including phenoxy) is 1. The highest BCUT2D eigenvalue weighted by atomic mass is 32.2. The number of hydrogen-bond acceptors (Lipinski definition) is 6. The van der Waals surface area contributed by atoms with Crippen molar-refractivity contribution in [3.8, 4) is 5.75 Å². The first-order chi connectivity index (χ1) is 12.3. The Hall–Kier alpha value is -2.87. The monoisotopic (exact) mass is 376 g/mol. The molecule has 26 heavy (non-hydrogen) atoms. The maximum absolute atomic E-state index is 12.2. The predicted octanol–water partition coefficient (Wildman–Crippen LogP) is 1.00. The van der Waals surface area contributed by atoms with Crippen molar-refractivity contribution in [2.75, 3.05) is 17.7 Å². The van der Waals surface area contributed by atoms with Crippen LogP contribution >= 0.6 is 0 Å². The van der Waals surface area contributed by atoms with Crippen molar-refractivity contribution in [1.29, 1.82) is 0 Å². The number of rotatable bonds is 8. The molecule has 0 aliphatic heterocycles. The fourth-order valence-electron chi connectivity index (χ4n) is 2.29. The van der Waals surface area contributed by atoms with Crippen molar-refractivity contribution < 1.29 is 27.9 Å². The average Bonchev–Trinajstić information content (AvgIpc) is 2.56. The number of carboxylic acids is 1. The van der Waals surface area contributed by atoms with E-state index in [1.165, 1.54) is 24.3 Å². The number of amides is 1. The van der Waals surface area contributed by atoms with E-state index in [4.69, 9.17) is 4.74 Å². The van der Waals surface area contributed by atoms with Gasteiger partial charge in [-0.15, -0.1) is 0 Å². The zero-order chi connectivity index (χ0) is 19.2. The number of carboxylic acid groups (broad SMARTS) is 1. The minimum absolute atomic E-state index is 0.114. The Kier molecular flexibility index (Phi) is 6.35. The maximum Gasteiger partial charge on any atom is 0.239 e. The van der Waals surface area contributed by atoms with Crippen LogP contribution in [-0.4, -0.2) is 32.7 Å². The van der Waals surface area contributed by atoms with Crippen LogP contribution in [0.5, 0.6) is 5.75 Å². The van der Waals surface area contributed by atoms with E-state index in [1.54, 1.807) is 24.3 Å². The lowest BCUT2D eigenvalue weighted by atomic mass is 10.1. The lowest BCUT2D eigenvalue weighted by Gasteiger charge is -2.09. The first-order valence-corrected chi connectivity index (χ1v) is 9.64. The summed E-state index contributed by atoms with van der Waals surface area (Å²) in [6, 6.07) is 12.0. The molecule has 0 atom stereocenters. The number of hydrogen-bond donors (Lipinski definition) is 1. The van der Waals surface area contributed by atoms with E-state index in [9.17, 15) is 23.1 Å². The van der Waals surface area contributed by atoms with E-state index in [0.717, 1.165) is 0 Å². The zero-order valence-corrected chi connectivity index (χ0v) is 14.9. The molecule has 0 saturated carbocycles. The van der Waals surface area contributed by atoms with Gasteiger partial charge in [0, 0.05) is 5.69 Å². The van der Waals surface area contributed by atoms with Crippen LogP contribution in [0.4, 0.5) is 5.69 Å². The number of carbonyl (C=O) groups is 2. The van der Waals surface area contributed by atoms with E-state index >= 15 is 0 Å². The Morgan fingerprint density at radius 2 is 1.81 bits per heavy atom. The van der Waals surface area contributed by atoms with E-state index in [2.05, 4.69) is 5.32 Å². The van der Waals surface area contributed by atoms with Gasteiger partial charge in [-0.2, -0.15) is 0 Å². The molecule has 0 fully saturated rings. The summed E-state index contributed by atoms with van der Waals surface area (Å²) in [5, 5.41) is 13.3. The molecule has 0 heterocycles. The largest absolute Gasteiger partial charge is 0.545 e. The molecule has 7 nitrogen and oxygen atoms in total. The molecule has 0 bridgehead atoms. The van der Waals surface area contributed by atoms with Gasteiger partial charge in [0.15, 0.2) is 9.84 Å². The van der Waals surface area contributed by atoms with Gasteiger partial charge in [0.25, 0.3) is 0 Å². The molecule has 138 valence electrons. The van der Waals surface area contributed by atoms with E-state index in [-0.39, 0.29) is 11.1 Å². The lowest BCUT2D eigenvalue weighted by Crippen LogP contribution is -2.24. The smallest absolute Gasteiger partial charge is 0.239 e. The second kappa shape index (κ2) is 8.48. The van der Waals surface area contributed by atoms with Crippen LogP contribution in [0.15, 0.2) is 48.5 Å². The minimum atomic E-state index is -3.76. The van der Waals surface area contributed by atoms with Crippen LogP contribution in [0, 0.1) is 0 Å². The van der Waals surface area contributed by atoms with Gasteiger partial charge in [0.05, 0.1) is 18.3 Å². The zero-order valence-electron chi connectivity index (χ0n) is 14.1. The second-order valence-electron chi connectivity index (χ2n) is 5.53. The fourth-order valence-corrected chi connectivity index (χ4v) is 3.55. The normalized spacial score (nSPS) is 11.0. The molecule has 8 heteroatoms. The number of nitrogens with one attached hydrogen (secondary N) is 1. The van der Waals surface area contributed by atoms with Gasteiger partial charge in [-0.25, -0.2) is 8.42 Å². The van der Waals surface area contributed by atoms with E-state index < -0.39 is 33.2 Å². The van der Waals surface area contributed by atoms with Gasteiger partial charge in [-0.1, -0.05) is 18.2 Å². The quantitative estimate of drug-likeness (QED) is 0.735. The fraction of sp³-hybridized carbons (Fsp3) is 0.222. The molecule has 0 aliphatic carbocycles. The van der Waals surface area contributed by atoms with Gasteiger partial charge in [-0.3, -0.25) is 4.79 Å². The van der Waals surface area contributed by atoms with Crippen LogP contribution in [0.25, 0.3) is 0 Å². The predicted molar refractivity (Wildman–Crippen MR) is 94.5 cm³/mol. The van der Waals surface area contributed by atoms with Gasteiger partial charge < -0.3 is 20.0 Å². The summed E-state index contributed by atoms with van der Waals surface area (Å²) in [5.74, 6) is -2.57. The lowest BCUT2D eigenvalue weighted by molar-refractivity contribution is -0.255. The minimum Gasteiger partial charge on any atom is -0.545 e. The maximum atomic E-state index is 12.2. The van der Waals surface area contributed by atoms with Crippen LogP contribution in [0.1, 0.15) is 22.8 Å². The molecule has 0 radical (unpaired) electrons. The number of sulfone groups is 1. The summed E-state index contributed by atoms with van der Waals surface area (Å²) in [6.07, 6.45) is 0. The molecule has 0 aromatic heterocycles. The van der Waals surface area contributed by atoms with Crippen molar-refractivity contribution in [3.05, 3.63) is 59.7 Å². The van der Waals surface area contributed by atoms with Crippen LogP contribution in [0.3, 0.4) is 0 Å². The van der Waals surface area contributed by atoms with Gasteiger partial charge in [0.2, 0.25) is 5.91 Å². The molecule has 0 saturated heterocycles. The summed E-state index contributed by atoms with van der Waals surface area (Å²) < 4.78 is 29.6. The number of carbonyl (C=O) groups excluding carboxylic acids is 2. The van der Waals surface area contributed by atoms with Gasteiger partial charge in [0.1, 0.15) is 11.5 Å². The SMILES string of the molecule is CCOc1ccc(NC(=O)CS(=O)(=O)Cc2cccc(C(=O)[O-])c2)cc1. The molecule has 0 unspecified atom stereocenters. The van der Waals surface area contributed by atoms with Crippen molar-refractivity contribution in [2.24, 2.45) is 0 Å². The van der Waals surface area contributed by atoms with Crippen LogP contribution < -0.4 is 15.2 Å². The van der Waals surface area contributed by atoms with Crippen LogP contribution in [-0.2, 0) is 20.4 Å². The average molecular weight is 376 g/mol. The van der Waals surface area contributed by atoms with Crippen LogP contribution in [0.2, 0.25) is 0 Å². The van der Waals surface area contributed by atoms with Crippen molar-refractivity contribution in [2.45, 2.75) is 12.7 Å². The topological polar surface area (TPSA) is 113 Å². The van der Waals surface area contributed by atoms with Gasteiger partial charge in [-0.05, 0) is 48.4 Å². The molecule has 2 aromatic carbocycles. The number of benzene rings is 2. The molecule has 1 amide bonds. The number of aromatic carboxylic acids is 1. The van der Waals surface area contributed by atoms with Crippen molar-refractivity contribution in [3.63, 3.8) is 0 Å². The number of anilines is 1. The molecule has 0 aliphatic rings. The molecule has 2 aromatic rings. The second-order valence-corrected chi connectivity index (χ2v) is 7.59. The first kappa shape index (κ1) is 19.5. The molecule has 1 N–H and O–H groups in total. The Labute approximate surface area is 151 Å². The third-order valence-corrected chi connectivity index (χ3v) is 4.82. The summed E-state index contributed by atoms with van der Waals surface area (Å²) in [7, 11) is -3.76. The molecular weight excluding hydrogens is 358 g/mol. The summed E-state index contributed by atoms with van der Waals surface area (Å²) in [6.45, 7) is 2.37. The van der Waals surface area contributed by atoms with E-state index in [1.807, 2.05) is 6.92 Å². The van der Waals surface area contributed by atoms with Crippen molar-refractivity contribution in [1.82, 2.24) is 0 Å². The Morgan fingerprint density at radius 3 is 2.42 bits per heavy atom. The standard InChI is InChI=1S/C18H19NO6S/c1-2-25-16-8-6-15(7-9-16)19-17(20)12-26(23,24)11-13-4-3-5-14(10-13)18(21)22/h3-10H,2,11-12H2,1H3,(H,19,20)(H,21,22)/p-1.